The molecule has 0 aliphatic carbocycles. The van der Waals surface area contributed by atoms with Crippen LogP contribution in [-0.2, 0) is 11.3 Å². The monoisotopic (exact) mass is 515 g/mol. The molecular formula is C30H41N7O. The van der Waals surface area contributed by atoms with Gasteiger partial charge >= 0.3 is 0 Å². The summed E-state index contributed by atoms with van der Waals surface area (Å²) in [6.45, 7) is 10.5. The van der Waals surface area contributed by atoms with Gasteiger partial charge in [-0.05, 0) is 50.4 Å². The van der Waals surface area contributed by atoms with E-state index < -0.39 is 0 Å². The van der Waals surface area contributed by atoms with E-state index in [0.29, 0.717) is 12.5 Å². The summed E-state index contributed by atoms with van der Waals surface area (Å²) in [5.74, 6) is 1.57. The van der Waals surface area contributed by atoms with Crippen LogP contribution in [0.15, 0.2) is 60.9 Å². The first-order chi connectivity index (χ1) is 18.6. The maximum absolute atomic E-state index is 11.2. The number of imidazole rings is 1. The number of carbonyl (C=O) groups is 1. The average molecular weight is 516 g/mol. The zero-order valence-corrected chi connectivity index (χ0v) is 23.3. The number of carbonyl (C=O) groups excluding carboxylic acids is 1. The Labute approximate surface area is 226 Å². The number of nitrogens with zero attached hydrogens (tertiary/aromatic N) is 5. The smallest absolute Gasteiger partial charge is 0.229 e. The molecule has 1 saturated heterocycles. The molecule has 0 atom stereocenters. The lowest BCUT2D eigenvalue weighted by Crippen LogP contribution is -2.35. The van der Waals surface area contributed by atoms with Crippen LogP contribution in [0.2, 0.25) is 0 Å². The molecule has 1 fully saturated rings. The van der Waals surface area contributed by atoms with Crippen LogP contribution >= 0.6 is 0 Å². The van der Waals surface area contributed by atoms with E-state index >= 15 is 0 Å². The molecule has 8 heteroatoms. The van der Waals surface area contributed by atoms with E-state index in [4.69, 9.17) is 9.97 Å². The second kappa shape index (κ2) is 14.2. The van der Waals surface area contributed by atoms with Crippen LogP contribution in [0, 0.1) is 5.92 Å². The zero-order valence-electron chi connectivity index (χ0n) is 23.3. The van der Waals surface area contributed by atoms with E-state index in [1.54, 1.807) is 0 Å². The third kappa shape index (κ3) is 6.75. The van der Waals surface area contributed by atoms with Crippen molar-refractivity contribution in [2.45, 2.75) is 53.1 Å². The predicted octanol–water partition coefficient (Wildman–Crippen LogP) is 5.70. The van der Waals surface area contributed by atoms with Gasteiger partial charge < -0.3 is 25.3 Å². The van der Waals surface area contributed by atoms with Crippen molar-refractivity contribution in [2.75, 3.05) is 30.4 Å². The molecule has 0 amide bonds. The Morgan fingerprint density at radius 2 is 1.61 bits per heavy atom. The first kappa shape index (κ1) is 28.8. The van der Waals surface area contributed by atoms with Crippen molar-refractivity contribution in [3.63, 3.8) is 0 Å². The van der Waals surface area contributed by atoms with Crippen molar-refractivity contribution < 1.29 is 4.79 Å². The summed E-state index contributed by atoms with van der Waals surface area (Å²) in [7, 11) is 1.50. The van der Waals surface area contributed by atoms with Crippen LogP contribution in [0.25, 0.3) is 22.3 Å². The van der Waals surface area contributed by atoms with Gasteiger partial charge in [0.05, 0.1) is 6.33 Å². The van der Waals surface area contributed by atoms with Gasteiger partial charge in [0.1, 0.15) is 6.29 Å². The molecule has 2 aromatic heterocycles. The SMILES string of the molecule is CC.CC(C)n1cnc2c(NCc3ccc(-c4ccccc4)cc3)nc(N3CCC(C=O)CC3)nc21.CN. The summed E-state index contributed by atoms with van der Waals surface area (Å²) in [5, 5.41) is 3.51. The topological polar surface area (TPSA) is 102 Å². The number of fused-ring (bicyclic) bond motifs is 1. The Kier molecular flexibility index (Phi) is 10.8. The molecule has 202 valence electrons. The van der Waals surface area contributed by atoms with E-state index in [1.165, 1.54) is 23.7 Å². The Morgan fingerprint density at radius 3 is 2.21 bits per heavy atom. The summed E-state index contributed by atoms with van der Waals surface area (Å²) < 4.78 is 2.08. The van der Waals surface area contributed by atoms with E-state index in [9.17, 15) is 4.79 Å². The molecular weight excluding hydrogens is 474 g/mol. The van der Waals surface area contributed by atoms with Crippen LogP contribution in [0.5, 0.6) is 0 Å². The molecule has 1 aliphatic heterocycles. The number of hydrogen-bond donors (Lipinski definition) is 2. The lowest BCUT2D eigenvalue weighted by atomic mass is 9.99. The van der Waals surface area contributed by atoms with Gasteiger partial charge in [0.25, 0.3) is 0 Å². The lowest BCUT2D eigenvalue weighted by molar-refractivity contribution is -0.111. The number of piperidine rings is 1. The van der Waals surface area contributed by atoms with Crippen molar-refractivity contribution >= 4 is 29.2 Å². The molecule has 0 unspecified atom stereocenters. The number of benzene rings is 2. The number of aldehydes is 1. The van der Waals surface area contributed by atoms with Gasteiger partial charge in [-0.15, -0.1) is 0 Å². The minimum absolute atomic E-state index is 0.137. The molecule has 3 N–H and O–H groups in total. The third-order valence-electron chi connectivity index (χ3n) is 6.50. The predicted molar refractivity (Wildman–Crippen MR) is 157 cm³/mol. The maximum Gasteiger partial charge on any atom is 0.229 e. The second-order valence-corrected chi connectivity index (χ2v) is 9.17. The van der Waals surface area contributed by atoms with Gasteiger partial charge in [0.2, 0.25) is 5.95 Å². The molecule has 8 nitrogen and oxygen atoms in total. The lowest BCUT2D eigenvalue weighted by Gasteiger charge is -2.30. The average Bonchev–Trinajstić information content (AvgIpc) is 3.43. The summed E-state index contributed by atoms with van der Waals surface area (Å²) in [4.78, 5) is 27.7. The highest BCUT2D eigenvalue weighted by atomic mass is 16.1. The summed E-state index contributed by atoms with van der Waals surface area (Å²) >= 11 is 0. The second-order valence-electron chi connectivity index (χ2n) is 9.17. The molecule has 0 bridgehead atoms. The Balaban J connectivity index is 0.000000956. The Morgan fingerprint density at radius 1 is 0.974 bits per heavy atom. The molecule has 0 spiro atoms. The maximum atomic E-state index is 11.2. The molecule has 0 radical (unpaired) electrons. The Bertz CT molecular complexity index is 1260. The fraction of sp³-hybridized carbons (Fsp3) is 0.400. The standard InChI is InChI=1S/C27H30N6O.C2H6.CH5N/c1-19(2)33-18-29-24-25(30-27(31-26(24)33)32-14-12-21(17-34)13-15-32)28-16-20-8-10-23(11-9-20)22-6-4-3-5-7-22;2*1-2/h3-11,17-19,21H,12-16H2,1-2H3,(H,28,30,31);1-2H3;2H2,1H3. The molecule has 38 heavy (non-hydrogen) atoms. The van der Waals surface area contributed by atoms with E-state index in [-0.39, 0.29) is 12.0 Å². The number of hydrogen-bond acceptors (Lipinski definition) is 7. The first-order valence-electron chi connectivity index (χ1n) is 13.5. The van der Waals surface area contributed by atoms with Crippen molar-refractivity contribution in [1.82, 2.24) is 19.5 Å². The first-order valence-corrected chi connectivity index (χ1v) is 13.5. The number of nitrogens with one attached hydrogen (secondary N) is 1. The highest BCUT2D eigenvalue weighted by molar-refractivity contribution is 5.84. The van der Waals surface area contributed by atoms with Crippen LogP contribution in [-0.4, -0.2) is 45.9 Å². The molecule has 0 saturated carbocycles. The summed E-state index contributed by atoms with van der Waals surface area (Å²) in [6.07, 6.45) is 4.59. The largest absolute Gasteiger partial charge is 0.364 e. The Hall–Kier alpha value is -3.78. The van der Waals surface area contributed by atoms with Crippen LogP contribution < -0.4 is 16.0 Å². The summed E-state index contributed by atoms with van der Waals surface area (Å²) in [6, 6.07) is 19.2. The molecule has 4 aromatic rings. The quantitative estimate of drug-likeness (QED) is 0.304. The van der Waals surface area contributed by atoms with E-state index in [0.717, 1.165) is 49.2 Å². The molecule has 1 aliphatic rings. The van der Waals surface area contributed by atoms with Gasteiger partial charge in [0, 0.05) is 31.6 Å². The van der Waals surface area contributed by atoms with Gasteiger partial charge in [-0.3, -0.25) is 0 Å². The van der Waals surface area contributed by atoms with E-state index in [1.807, 2.05) is 26.2 Å². The van der Waals surface area contributed by atoms with Crippen LogP contribution in [0.1, 0.15) is 52.1 Å². The number of rotatable bonds is 7. The highest BCUT2D eigenvalue weighted by Crippen LogP contribution is 2.27. The van der Waals surface area contributed by atoms with Crippen LogP contribution in [0.4, 0.5) is 11.8 Å². The van der Waals surface area contributed by atoms with Gasteiger partial charge in [-0.25, -0.2) is 4.98 Å². The molecule has 3 heterocycles. The van der Waals surface area contributed by atoms with E-state index in [2.05, 4.69) is 87.9 Å². The fourth-order valence-electron chi connectivity index (χ4n) is 4.41. The van der Waals surface area contributed by atoms with Crippen LogP contribution in [0.3, 0.4) is 0 Å². The number of aromatic nitrogens is 4. The normalized spacial score (nSPS) is 13.4. The van der Waals surface area contributed by atoms with Crippen molar-refractivity contribution in [1.29, 1.82) is 0 Å². The van der Waals surface area contributed by atoms with Gasteiger partial charge in [-0.2, -0.15) is 9.97 Å². The zero-order chi connectivity index (χ0) is 27.5. The minimum atomic E-state index is 0.137. The third-order valence-corrected chi connectivity index (χ3v) is 6.50. The van der Waals surface area contributed by atoms with Gasteiger partial charge in [0.15, 0.2) is 17.0 Å². The van der Waals surface area contributed by atoms with Crippen molar-refractivity contribution in [3.05, 3.63) is 66.5 Å². The van der Waals surface area contributed by atoms with Crippen molar-refractivity contribution in [3.8, 4) is 11.1 Å². The fourth-order valence-corrected chi connectivity index (χ4v) is 4.41. The summed E-state index contributed by atoms with van der Waals surface area (Å²) in [5.41, 5.74) is 9.69. The molecule has 5 rings (SSSR count). The molecule has 2 aromatic carbocycles. The van der Waals surface area contributed by atoms with Gasteiger partial charge in [-0.1, -0.05) is 68.4 Å². The minimum Gasteiger partial charge on any atom is -0.364 e. The van der Waals surface area contributed by atoms with Crippen molar-refractivity contribution in [2.24, 2.45) is 11.7 Å². The number of anilines is 2. The number of nitrogens with two attached hydrogens (primary N) is 1. The highest BCUT2D eigenvalue weighted by Gasteiger charge is 2.23.